The molecule has 0 radical (unpaired) electrons. The smallest absolute Gasteiger partial charge is 0.416 e. The molecule has 1 aliphatic rings. The maximum absolute atomic E-state index is 12.7. The van der Waals surface area contributed by atoms with E-state index in [0.29, 0.717) is 42.9 Å². The minimum absolute atomic E-state index is 0.195. The number of halogens is 3. The van der Waals surface area contributed by atoms with E-state index in [9.17, 15) is 23.1 Å². The summed E-state index contributed by atoms with van der Waals surface area (Å²) in [7, 11) is 0. The molecular formula is C21H18F3N3O2. The van der Waals surface area contributed by atoms with E-state index in [1.54, 1.807) is 18.2 Å². The summed E-state index contributed by atoms with van der Waals surface area (Å²) in [6.07, 6.45) is -3.85. The number of hydrogen-bond donors (Lipinski definition) is 2. The van der Waals surface area contributed by atoms with Gasteiger partial charge in [-0.25, -0.2) is 4.98 Å². The highest BCUT2D eigenvalue weighted by Gasteiger charge is 2.30. The van der Waals surface area contributed by atoms with Gasteiger partial charge in [0, 0.05) is 31.6 Å². The molecule has 2 aromatic carbocycles. The second-order valence-electron chi connectivity index (χ2n) is 7.05. The molecule has 0 amide bonds. The molecule has 0 saturated heterocycles. The number of nitrogens with zero attached hydrogens (tertiary/aromatic N) is 2. The average Bonchev–Trinajstić information content (AvgIpc) is 2.68. The maximum Gasteiger partial charge on any atom is 0.416 e. The van der Waals surface area contributed by atoms with Gasteiger partial charge in [0.2, 0.25) is 0 Å². The molecule has 3 aromatic rings. The fourth-order valence-corrected chi connectivity index (χ4v) is 3.48. The van der Waals surface area contributed by atoms with Gasteiger partial charge in [-0.1, -0.05) is 24.3 Å². The quantitative estimate of drug-likeness (QED) is 0.702. The molecule has 0 saturated carbocycles. The molecule has 4 rings (SSSR count). The van der Waals surface area contributed by atoms with Crippen LogP contribution in [0.3, 0.4) is 0 Å². The Balaban J connectivity index is 1.56. The number of fused-ring (bicyclic) bond motifs is 1. The molecule has 0 unspecified atom stereocenters. The molecule has 2 heterocycles. The highest BCUT2D eigenvalue weighted by molar-refractivity contribution is 5.56. The third-order valence-electron chi connectivity index (χ3n) is 4.95. The molecule has 0 atom stereocenters. The molecule has 150 valence electrons. The second kappa shape index (κ2) is 7.36. The fraction of sp³-hybridized carbons (Fsp3) is 0.238. The lowest BCUT2D eigenvalue weighted by atomic mass is 10.0. The van der Waals surface area contributed by atoms with Crippen LogP contribution in [0.25, 0.3) is 11.4 Å². The van der Waals surface area contributed by atoms with Crippen LogP contribution in [-0.2, 0) is 25.7 Å². The van der Waals surface area contributed by atoms with Crippen molar-refractivity contribution in [3.63, 3.8) is 0 Å². The summed E-state index contributed by atoms with van der Waals surface area (Å²) in [5.41, 5.74) is 1.57. The predicted octanol–water partition coefficient (Wildman–Crippen LogP) is 3.72. The molecule has 8 heteroatoms. The Morgan fingerprint density at radius 2 is 1.90 bits per heavy atom. The van der Waals surface area contributed by atoms with Crippen LogP contribution in [0, 0.1) is 0 Å². The molecule has 0 bridgehead atoms. The minimum Gasteiger partial charge on any atom is -0.508 e. The Kier molecular flexibility index (Phi) is 4.87. The van der Waals surface area contributed by atoms with Gasteiger partial charge in [0.1, 0.15) is 11.6 Å². The maximum atomic E-state index is 12.7. The zero-order valence-electron chi connectivity index (χ0n) is 15.3. The van der Waals surface area contributed by atoms with Gasteiger partial charge in [-0.15, -0.1) is 0 Å². The lowest BCUT2D eigenvalue weighted by Crippen LogP contribution is -2.35. The molecule has 2 N–H and O–H groups in total. The predicted molar refractivity (Wildman–Crippen MR) is 101 cm³/mol. The first-order valence-corrected chi connectivity index (χ1v) is 9.09. The molecule has 29 heavy (non-hydrogen) atoms. The number of nitrogens with one attached hydrogen (secondary N) is 1. The van der Waals surface area contributed by atoms with Crippen molar-refractivity contribution in [3.8, 4) is 17.1 Å². The van der Waals surface area contributed by atoms with Crippen molar-refractivity contribution in [1.82, 2.24) is 14.9 Å². The molecular weight excluding hydrogens is 383 g/mol. The Morgan fingerprint density at radius 1 is 1.14 bits per heavy atom. The fourth-order valence-electron chi connectivity index (χ4n) is 3.48. The van der Waals surface area contributed by atoms with Crippen LogP contribution in [0.4, 0.5) is 13.2 Å². The topological polar surface area (TPSA) is 69.2 Å². The monoisotopic (exact) mass is 401 g/mol. The second-order valence-corrected chi connectivity index (χ2v) is 7.05. The summed E-state index contributed by atoms with van der Waals surface area (Å²) >= 11 is 0. The molecule has 5 nitrogen and oxygen atoms in total. The number of aromatic amines is 1. The summed E-state index contributed by atoms with van der Waals surface area (Å²) in [4.78, 5) is 21.9. The average molecular weight is 401 g/mol. The first kappa shape index (κ1) is 19.2. The van der Waals surface area contributed by atoms with Crippen LogP contribution in [0.1, 0.15) is 22.4 Å². The van der Waals surface area contributed by atoms with Gasteiger partial charge >= 0.3 is 6.18 Å². The van der Waals surface area contributed by atoms with Crippen molar-refractivity contribution in [3.05, 3.63) is 81.3 Å². The number of H-pyrrole nitrogens is 1. The molecule has 0 fully saturated rings. The molecule has 0 aliphatic carbocycles. The van der Waals surface area contributed by atoms with Crippen molar-refractivity contribution in [2.75, 3.05) is 6.54 Å². The van der Waals surface area contributed by atoms with E-state index in [1.165, 1.54) is 12.1 Å². The Morgan fingerprint density at radius 3 is 2.59 bits per heavy atom. The zero-order valence-corrected chi connectivity index (χ0v) is 15.3. The number of benzene rings is 2. The first-order valence-electron chi connectivity index (χ1n) is 9.09. The molecule has 1 aliphatic heterocycles. The Bertz CT molecular complexity index is 1090. The lowest BCUT2D eigenvalue weighted by molar-refractivity contribution is -0.137. The number of phenols is 1. The highest BCUT2D eigenvalue weighted by atomic mass is 19.4. The largest absolute Gasteiger partial charge is 0.508 e. The lowest BCUT2D eigenvalue weighted by Gasteiger charge is -2.27. The summed E-state index contributed by atoms with van der Waals surface area (Å²) in [5, 5.41) is 9.60. The van der Waals surface area contributed by atoms with Crippen molar-refractivity contribution in [1.29, 1.82) is 0 Å². The van der Waals surface area contributed by atoms with Crippen LogP contribution in [0.5, 0.6) is 5.75 Å². The van der Waals surface area contributed by atoms with Gasteiger partial charge < -0.3 is 10.1 Å². The van der Waals surface area contributed by atoms with Gasteiger partial charge in [-0.05, 0) is 29.8 Å². The van der Waals surface area contributed by atoms with Crippen LogP contribution in [0.2, 0.25) is 0 Å². The van der Waals surface area contributed by atoms with Crippen molar-refractivity contribution < 1.29 is 18.3 Å². The van der Waals surface area contributed by atoms with E-state index in [0.717, 1.165) is 17.7 Å². The first-order chi connectivity index (χ1) is 13.8. The van der Waals surface area contributed by atoms with E-state index in [4.69, 9.17) is 0 Å². The van der Waals surface area contributed by atoms with Gasteiger partial charge in [-0.3, -0.25) is 9.69 Å². The van der Waals surface area contributed by atoms with Crippen LogP contribution in [-0.4, -0.2) is 26.5 Å². The summed E-state index contributed by atoms with van der Waals surface area (Å²) < 4.78 is 38.2. The summed E-state index contributed by atoms with van der Waals surface area (Å²) in [6.45, 7) is 1.69. The standard InChI is InChI=1S/C21H18F3N3O2/c22-21(23,24)15-6-4-14(5-7-15)19-25-18-8-9-27(12-17(18)20(29)26-19)11-13-2-1-3-16(28)10-13/h1-7,10,28H,8-9,11-12H2,(H,25,26,29). The summed E-state index contributed by atoms with van der Waals surface area (Å²) in [6, 6.07) is 11.5. The number of rotatable bonds is 3. The van der Waals surface area contributed by atoms with E-state index in [1.807, 2.05) is 6.07 Å². The zero-order chi connectivity index (χ0) is 20.6. The molecule has 1 aromatic heterocycles. The SMILES string of the molecule is O=c1[nH]c(-c2ccc(C(F)(F)F)cc2)nc2c1CN(Cc1cccc(O)c1)CC2. The van der Waals surface area contributed by atoms with Crippen molar-refractivity contribution in [2.24, 2.45) is 0 Å². The van der Waals surface area contributed by atoms with Crippen molar-refractivity contribution >= 4 is 0 Å². The van der Waals surface area contributed by atoms with E-state index in [2.05, 4.69) is 14.9 Å². The van der Waals surface area contributed by atoms with E-state index in [-0.39, 0.29) is 17.1 Å². The Hall–Kier alpha value is -3.13. The van der Waals surface area contributed by atoms with Gasteiger partial charge in [0.15, 0.2) is 0 Å². The normalized spacial score (nSPS) is 14.6. The number of aromatic nitrogens is 2. The summed E-state index contributed by atoms with van der Waals surface area (Å²) in [5.74, 6) is 0.463. The highest BCUT2D eigenvalue weighted by Crippen LogP contribution is 2.30. The number of alkyl halides is 3. The third-order valence-corrected chi connectivity index (χ3v) is 4.95. The van der Waals surface area contributed by atoms with E-state index < -0.39 is 11.7 Å². The van der Waals surface area contributed by atoms with Crippen LogP contribution >= 0.6 is 0 Å². The number of phenolic OH excluding ortho intramolecular Hbond substituents is 1. The number of hydrogen-bond acceptors (Lipinski definition) is 4. The number of aromatic hydroxyl groups is 1. The van der Waals surface area contributed by atoms with Gasteiger partial charge in [0.05, 0.1) is 16.8 Å². The minimum atomic E-state index is -4.41. The van der Waals surface area contributed by atoms with Crippen molar-refractivity contribution in [2.45, 2.75) is 25.7 Å². The third kappa shape index (κ3) is 4.17. The van der Waals surface area contributed by atoms with Crippen LogP contribution in [0.15, 0.2) is 53.3 Å². The Labute approximate surface area is 164 Å². The van der Waals surface area contributed by atoms with Crippen LogP contribution < -0.4 is 5.56 Å². The van der Waals surface area contributed by atoms with Gasteiger partial charge in [0.25, 0.3) is 5.56 Å². The van der Waals surface area contributed by atoms with Gasteiger partial charge in [-0.2, -0.15) is 13.2 Å². The molecule has 0 spiro atoms. The van der Waals surface area contributed by atoms with E-state index >= 15 is 0 Å².